The number of hydrogen-bond acceptors (Lipinski definition) is 5. The second-order valence-electron chi connectivity index (χ2n) is 4.24. The fraction of sp³-hybridized carbons (Fsp3) is 0.250. The number of anilines is 1. The number of nitrogens with zero attached hydrogens (tertiary/aromatic N) is 2. The van der Waals surface area contributed by atoms with Gasteiger partial charge in [0.15, 0.2) is 0 Å². The molecule has 0 radical (unpaired) electrons. The first-order chi connectivity index (χ1) is 9.49. The summed E-state index contributed by atoms with van der Waals surface area (Å²) in [6.45, 7) is 0.927. The van der Waals surface area contributed by atoms with Gasteiger partial charge in [0.05, 0.1) is 10.6 Å². The summed E-state index contributed by atoms with van der Waals surface area (Å²) in [5.74, 6) is -0.136. The highest BCUT2D eigenvalue weighted by atomic mass is 32.2. The fourth-order valence-electron chi connectivity index (χ4n) is 1.66. The molecular weight excluding hydrogens is 280 g/mol. The molecule has 108 valence electrons. The molecule has 0 unspecified atom stereocenters. The summed E-state index contributed by atoms with van der Waals surface area (Å²) in [6.07, 6.45) is 4.10. The number of hydrogen-bond donors (Lipinski definition) is 3. The highest BCUT2D eigenvalue weighted by molar-refractivity contribution is 7.89. The van der Waals surface area contributed by atoms with E-state index in [9.17, 15) is 13.5 Å². The summed E-state index contributed by atoms with van der Waals surface area (Å²) >= 11 is 0. The smallest absolute Gasteiger partial charge is 0.240 e. The maximum absolute atomic E-state index is 12.0. The second kappa shape index (κ2) is 5.93. The number of benzene rings is 1. The molecule has 0 amide bonds. The maximum atomic E-state index is 12.0. The van der Waals surface area contributed by atoms with E-state index in [2.05, 4.69) is 9.82 Å². The SMILES string of the molecule is Nc1cc(S(=O)(=O)NCCCn2cccn2)ccc1O. The zero-order valence-corrected chi connectivity index (χ0v) is 11.5. The molecular formula is C12H16N4O3S. The van der Waals surface area contributed by atoms with Gasteiger partial charge in [-0.15, -0.1) is 0 Å². The Labute approximate surface area is 117 Å². The van der Waals surface area contributed by atoms with E-state index in [0.29, 0.717) is 19.5 Å². The predicted octanol–water partition coefficient (Wildman–Crippen LogP) is 0.539. The van der Waals surface area contributed by atoms with Crippen molar-refractivity contribution in [1.82, 2.24) is 14.5 Å². The monoisotopic (exact) mass is 296 g/mol. The van der Waals surface area contributed by atoms with Gasteiger partial charge in [-0.1, -0.05) is 0 Å². The fourth-order valence-corrected chi connectivity index (χ4v) is 2.77. The molecule has 4 N–H and O–H groups in total. The number of sulfonamides is 1. The molecule has 0 atom stereocenters. The highest BCUT2D eigenvalue weighted by Gasteiger charge is 2.14. The Hall–Kier alpha value is -2.06. The van der Waals surface area contributed by atoms with Crippen LogP contribution in [0.2, 0.25) is 0 Å². The van der Waals surface area contributed by atoms with E-state index in [1.165, 1.54) is 18.2 Å². The molecule has 20 heavy (non-hydrogen) atoms. The van der Waals surface area contributed by atoms with E-state index in [1.807, 2.05) is 12.3 Å². The van der Waals surface area contributed by atoms with Gasteiger partial charge in [0.25, 0.3) is 0 Å². The minimum Gasteiger partial charge on any atom is -0.506 e. The number of rotatable bonds is 6. The summed E-state index contributed by atoms with van der Waals surface area (Å²) in [5, 5.41) is 13.3. The van der Waals surface area contributed by atoms with E-state index in [-0.39, 0.29) is 16.3 Å². The average Bonchev–Trinajstić information content (AvgIpc) is 2.91. The zero-order valence-electron chi connectivity index (χ0n) is 10.7. The Morgan fingerprint density at radius 1 is 1.40 bits per heavy atom. The second-order valence-corrected chi connectivity index (χ2v) is 6.01. The van der Waals surface area contributed by atoms with Crippen molar-refractivity contribution < 1.29 is 13.5 Å². The van der Waals surface area contributed by atoms with Crippen LogP contribution in [-0.4, -0.2) is 29.8 Å². The van der Waals surface area contributed by atoms with Crippen molar-refractivity contribution >= 4 is 15.7 Å². The molecule has 7 nitrogen and oxygen atoms in total. The van der Waals surface area contributed by atoms with E-state index >= 15 is 0 Å². The van der Waals surface area contributed by atoms with Crippen molar-refractivity contribution in [3.05, 3.63) is 36.7 Å². The molecule has 0 aliphatic rings. The third kappa shape index (κ3) is 3.49. The number of nitrogen functional groups attached to an aromatic ring is 1. The van der Waals surface area contributed by atoms with E-state index in [4.69, 9.17) is 5.73 Å². The van der Waals surface area contributed by atoms with Crippen molar-refractivity contribution in [2.24, 2.45) is 0 Å². The molecule has 8 heteroatoms. The summed E-state index contributed by atoms with van der Waals surface area (Å²) in [4.78, 5) is 0.0342. The molecule has 2 aromatic rings. The number of phenolic OH excluding ortho intramolecular Hbond substituents is 1. The molecule has 0 saturated carbocycles. The lowest BCUT2D eigenvalue weighted by Gasteiger charge is -2.08. The van der Waals surface area contributed by atoms with Crippen molar-refractivity contribution in [3.63, 3.8) is 0 Å². The maximum Gasteiger partial charge on any atom is 0.240 e. The van der Waals surface area contributed by atoms with Crippen LogP contribution >= 0.6 is 0 Å². The van der Waals surface area contributed by atoms with E-state index < -0.39 is 10.0 Å². The van der Waals surface area contributed by atoms with Crippen LogP contribution in [0.3, 0.4) is 0 Å². The van der Waals surface area contributed by atoms with Gasteiger partial charge in [0.2, 0.25) is 10.0 Å². The number of nitrogens with two attached hydrogens (primary N) is 1. The van der Waals surface area contributed by atoms with Crippen LogP contribution in [0.5, 0.6) is 5.75 Å². The van der Waals surface area contributed by atoms with Crippen molar-refractivity contribution in [2.75, 3.05) is 12.3 Å². The predicted molar refractivity (Wildman–Crippen MR) is 74.6 cm³/mol. The lowest BCUT2D eigenvalue weighted by Crippen LogP contribution is -2.25. The number of aryl methyl sites for hydroxylation is 1. The van der Waals surface area contributed by atoms with Crippen molar-refractivity contribution in [2.45, 2.75) is 17.9 Å². The first-order valence-electron chi connectivity index (χ1n) is 6.04. The van der Waals surface area contributed by atoms with Crippen LogP contribution in [0.15, 0.2) is 41.6 Å². The van der Waals surface area contributed by atoms with E-state index in [0.717, 1.165) is 0 Å². The first kappa shape index (κ1) is 14.4. The van der Waals surface area contributed by atoms with E-state index in [1.54, 1.807) is 10.9 Å². The normalized spacial score (nSPS) is 11.6. The van der Waals surface area contributed by atoms with Crippen LogP contribution in [-0.2, 0) is 16.6 Å². The van der Waals surface area contributed by atoms with Gasteiger partial charge in [0.1, 0.15) is 5.75 Å². The molecule has 1 heterocycles. The molecule has 0 aliphatic heterocycles. The molecule has 0 aliphatic carbocycles. The molecule has 0 fully saturated rings. The lowest BCUT2D eigenvalue weighted by molar-refractivity contribution is 0.477. The van der Waals surface area contributed by atoms with Crippen LogP contribution in [0.4, 0.5) is 5.69 Å². The standard InChI is InChI=1S/C12H16N4O3S/c13-11-9-10(3-4-12(11)17)20(18,19)15-6-2-8-16-7-1-5-14-16/h1,3-5,7,9,15,17H,2,6,8,13H2. The number of aromatic hydroxyl groups is 1. The number of aromatic nitrogens is 2. The average molecular weight is 296 g/mol. The van der Waals surface area contributed by atoms with Gasteiger partial charge in [-0.3, -0.25) is 4.68 Å². The summed E-state index contributed by atoms with van der Waals surface area (Å²) < 4.78 is 28.2. The zero-order chi connectivity index (χ0) is 14.6. The summed E-state index contributed by atoms with van der Waals surface area (Å²) in [6, 6.07) is 5.60. The molecule has 1 aromatic carbocycles. The topological polar surface area (TPSA) is 110 Å². The number of nitrogens with one attached hydrogen (secondary N) is 1. The minimum absolute atomic E-state index is 0.0319. The van der Waals surface area contributed by atoms with Gasteiger partial charge >= 0.3 is 0 Å². The van der Waals surface area contributed by atoms with Crippen LogP contribution in [0.1, 0.15) is 6.42 Å². The Kier molecular flexibility index (Phi) is 4.26. The minimum atomic E-state index is -3.61. The Morgan fingerprint density at radius 3 is 2.85 bits per heavy atom. The number of phenols is 1. The largest absolute Gasteiger partial charge is 0.506 e. The molecule has 0 saturated heterocycles. The van der Waals surface area contributed by atoms with Gasteiger partial charge in [-0.25, -0.2) is 13.1 Å². The van der Waals surface area contributed by atoms with Crippen molar-refractivity contribution in [1.29, 1.82) is 0 Å². The molecule has 0 spiro atoms. The lowest BCUT2D eigenvalue weighted by atomic mass is 10.3. The van der Waals surface area contributed by atoms with Crippen LogP contribution in [0.25, 0.3) is 0 Å². The van der Waals surface area contributed by atoms with Crippen LogP contribution < -0.4 is 10.5 Å². The van der Waals surface area contributed by atoms with Crippen molar-refractivity contribution in [3.8, 4) is 5.75 Å². The third-order valence-electron chi connectivity index (χ3n) is 2.72. The van der Waals surface area contributed by atoms with Gasteiger partial charge < -0.3 is 10.8 Å². The Balaban J connectivity index is 1.92. The first-order valence-corrected chi connectivity index (χ1v) is 7.53. The Morgan fingerprint density at radius 2 is 2.20 bits per heavy atom. The molecule has 1 aromatic heterocycles. The summed E-state index contributed by atoms with van der Waals surface area (Å²) in [7, 11) is -3.61. The van der Waals surface area contributed by atoms with Crippen LogP contribution in [0, 0.1) is 0 Å². The molecule has 2 rings (SSSR count). The molecule has 0 bridgehead atoms. The highest BCUT2D eigenvalue weighted by Crippen LogP contribution is 2.22. The quantitative estimate of drug-likeness (QED) is 0.409. The van der Waals surface area contributed by atoms with Gasteiger partial charge in [-0.2, -0.15) is 5.10 Å². The third-order valence-corrected chi connectivity index (χ3v) is 4.18. The Bertz CT molecular complexity index is 668. The van der Waals surface area contributed by atoms with Gasteiger partial charge in [-0.05, 0) is 30.7 Å². The summed E-state index contributed by atoms with van der Waals surface area (Å²) in [5.41, 5.74) is 5.51. The van der Waals surface area contributed by atoms with Gasteiger partial charge in [0, 0.05) is 25.5 Å².